The first kappa shape index (κ1) is 17.8. The van der Waals surface area contributed by atoms with Crippen molar-refractivity contribution in [1.29, 1.82) is 0 Å². The largest absolute Gasteiger partial charge is 0.573 e. The lowest BCUT2D eigenvalue weighted by Gasteiger charge is -2.18. The molecule has 3 N–H and O–H groups in total. The number of amides is 2. The molecule has 0 aliphatic rings. The second kappa shape index (κ2) is 7.15. The molecule has 0 radical (unpaired) electrons. The number of nitrogens with two attached hydrogens (primary N) is 1. The van der Waals surface area contributed by atoms with Gasteiger partial charge in [-0.3, -0.25) is 9.59 Å². The van der Waals surface area contributed by atoms with Gasteiger partial charge in [-0.1, -0.05) is 26.0 Å². The quantitative estimate of drug-likeness (QED) is 0.838. The molecule has 0 saturated heterocycles. The summed E-state index contributed by atoms with van der Waals surface area (Å²) in [5, 5.41) is 2.49. The van der Waals surface area contributed by atoms with Crippen molar-refractivity contribution in [2.75, 3.05) is 0 Å². The maximum atomic E-state index is 12.0. The maximum Gasteiger partial charge on any atom is 0.573 e. The molecule has 8 heteroatoms. The minimum atomic E-state index is -4.76. The van der Waals surface area contributed by atoms with Crippen molar-refractivity contribution < 1.29 is 27.5 Å². The number of hydrogen-bond acceptors (Lipinski definition) is 3. The summed E-state index contributed by atoms with van der Waals surface area (Å²) in [5.41, 5.74) is 5.67. The van der Waals surface area contributed by atoms with Gasteiger partial charge in [0.2, 0.25) is 11.8 Å². The SMILES string of the molecule is CC(C)[C@H](NC(=O)Cc1ccc(OC(F)(F)F)cc1)C(N)=O. The Bertz CT molecular complexity index is 527. The molecule has 0 unspecified atom stereocenters. The Morgan fingerprint density at radius 2 is 1.77 bits per heavy atom. The van der Waals surface area contributed by atoms with E-state index in [2.05, 4.69) is 10.1 Å². The van der Waals surface area contributed by atoms with Crippen molar-refractivity contribution >= 4 is 11.8 Å². The lowest BCUT2D eigenvalue weighted by molar-refractivity contribution is -0.274. The third-order valence-corrected chi connectivity index (χ3v) is 2.81. The highest BCUT2D eigenvalue weighted by Gasteiger charge is 2.31. The zero-order valence-electron chi connectivity index (χ0n) is 12.1. The summed E-state index contributed by atoms with van der Waals surface area (Å²) in [5.74, 6) is -1.61. The van der Waals surface area contributed by atoms with Gasteiger partial charge in [-0.2, -0.15) is 0 Å². The van der Waals surface area contributed by atoms with Crippen LogP contribution in [0.15, 0.2) is 24.3 Å². The molecular weight excluding hydrogens is 301 g/mol. The normalized spacial score (nSPS) is 12.8. The topological polar surface area (TPSA) is 81.4 Å². The van der Waals surface area contributed by atoms with Crippen molar-refractivity contribution in [1.82, 2.24) is 5.32 Å². The van der Waals surface area contributed by atoms with E-state index < -0.39 is 24.2 Å². The van der Waals surface area contributed by atoms with E-state index in [0.29, 0.717) is 5.56 Å². The van der Waals surface area contributed by atoms with Crippen LogP contribution in [0.2, 0.25) is 0 Å². The van der Waals surface area contributed by atoms with Gasteiger partial charge in [0.25, 0.3) is 0 Å². The van der Waals surface area contributed by atoms with Crippen molar-refractivity contribution in [3.05, 3.63) is 29.8 Å². The molecule has 0 fully saturated rings. The molecule has 1 aromatic rings. The van der Waals surface area contributed by atoms with Crippen molar-refractivity contribution in [2.24, 2.45) is 11.7 Å². The zero-order chi connectivity index (χ0) is 16.9. The molecule has 22 heavy (non-hydrogen) atoms. The summed E-state index contributed by atoms with van der Waals surface area (Å²) >= 11 is 0. The maximum absolute atomic E-state index is 12.0. The zero-order valence-corrected chi connectivity index (χ0v) is 12.1. The highest BCUT2D eigenvalue weighted by atomic mass is 19.4. The van der Waals surface area contributed by atoms with E-state index in [9.17, 15) is 22.8 Å². The van der Waals surface area contributed by atoms with Gasteiger partial charge >= 0.3 is 6.36 Å². The van der Waals surface area contributed by atoms with Crippen LogP contribution in [0.4, 0.5) is 13.2 Å². The van der Waals surface area contributed by atoms with E-state index in [1.807, 2.05) is 0 Å². The van der Waals surface area contributed by atoms with Crippen molar-refractivity contribution in [3.8, 4) is 5.75 Å². The first-order valence-electron chi connectivity index (χ1n) is 6.52. The number of nitrogens with one attached hydrogen (secondary N) is 1. The summed E-state index contributed by atoms with van der Waals surface area (Å²) < 4.78 is 39.8. The van der Waals surface area contributed by atoms with Gasteiger partial charge in [-0.05, 0) is 23.6 Å². The van der Waals surface area contributed by atoms with Gasteiger partial charge in [-0.15, -0.1) is 13.2 Å². The van der Waals surface area contributed by atoms with Gasteiger partial charge in [0.1, 0.15) is 11.8 Å². The monoisotopic (exact) mass is 318 g/mol. The lowest BCUT2D eigenvalue weighted by Crippen LogP contribution is -2.48. The third-order valence-electron chi connectivity index (χ3n) is 2.81. The van der Waals surface area contributed by atoms with Crippen LogP contribution in [0, 0.1) is 5.92 Å². The van der Waals surface area contributed by atoms with Crippen molar-refractivity contribution in [2.45, 2.75) is 32.7 Å². The molecule has 0 aromatic heterocycles. The Hall–Kier alpha value is -2.25. The molecule has 0 aliphatic heterocycles. The molecule has 1 atom stereocenters. The van der Waals surface area contributed by atoms with Gasteiger partial charge < -0.3 is 15.8 Å². The fourth-order valence-electron chi connectivity index (χ4n) is 1.79. The van der Waals surface area contributed by atoms with Gasteiger partial charge in [-0.25, -0.2) is 0 Å². The smallest absolute Gasteiger partial charge is 0.406 e. The Morgan fingerprint density at radius 3 is 2.18 bits per heavy atom. The van der Waals surface area contributed by atoms with E-state index in [1.165, 1.54) is 12.1 Å². The standard InChI is InChI=1S/C14H17F3N2O3/c1-8(2)12(13(18)21)19-11(20)7-9-3-5-10(6-4-9)22-14(15,16)17/h3-6,8,12H,7H2,1-2H3,(H2,18,21)(H,19,20)/t12-/m0/s1. The number of hydrogen-bond donors (Lipinski definition) is 2. The van der Waals surface area contributed by atoms with Crippen LogP contribution >= 0.6 is 0 Å². The molecule has 122 valence electrons. The molecule has 2 amide bonds. The van der Waals surface area contributed by atoms with Crippen LogP contribution in [-0.4, -0.2) is 24.2 Å². The molecule has 0 saturated carbocycles. The molecule has 5 nitrogen and oxygen atoms in total. The third kappa shape index (κ3) is 6.02. The molecule has 1 rings (SSSR count). The van der Waals surface area contributed by atoms with Gasteiger partial charge in [0.15, 0.2) is 0 Å². The number of halogens is 3. The Kier molecular flexibility index (Phi) is 5.78. The summed E-state index contributed by atoms with van der Waals surface area (Å²) in [4.78, 5) is 23.0. The predicted molar refractivity (Wildman–Crippen MR) is 72.8 cm³/mol. The van der Waals surface area contributed by atoms with Crippen LogP contribution in [0.25, 0.3) is 0 Å². The van der Waals surface area contributed by atoms with E-state index in [1.54, 1.807) is 13.8 Å². The number of benzene rings is 1. The van der Waals surface area contributed by atoms with Gasteiger partial charge in [0.05, 0.1) is 6.42 Å². The van der Waals surface area contributed by atoms with E-state index in [-0.39, 0.29) is 18.1 Å². The average Bonchev–Trinajstić information content (AvgIpc) is 2.36. The number of carbonyl (C=O) groups is 2. The minimum absolute atomic E-state index is 0.0806. The molecular formula is C14H17F3N2O3. The number of carbonyl (C=O) groups excluding carboxylic acids is 2. The molecule has 0 aliphatic carbocycles. The first-order valence-corrected chi connectivity index (χ1v) is 6.52. The van der Waals surface area contributed by atoms with Crippen LogP contribution in [-0.2, 0) is 16.0 Å². The fourth-order valence-corrected chi connectivity index (χ4v) is 1.79. The van der Waals surface area contributed by atoms with Crippen LogP contribution < -0.4 is 15.8 Å². The van der Waals surface area contributed by atoms with Crippen LogP contribution in [0.1, 0.15) is 19.4 Å². The van der Waals surface area contributed by atoms with Crippen LogP contribution in [0.3, 0.4) is 0 Å². The lowest BCUT2D eigenvalue weighted by atomic mass is 10.0. The second-order valence-corrected chi connectivity index (χ2v) is 5.06. The fraction of sp³-hybridized carbons (Fsp3) is 0.429. The minimum Gasteiger partial charge on any atom is -0.406 e. The first-order chi connectivity index (χ1) is 10.1. The number of ether oxygens (including phenoxy) is 1. The molecule has 1 aromatic carbocycles. The van der Waals surface area contributed by atoms with Gasteiger partial charge in [0, 0.05) is 0 Å². The molecule has 0 spiro atoms. The van der Waals surface area contributed by atoms with Crippen molar-refractivity contribution in [3.63, 3.8) is 0 Å². The summed E-state index contributed by atoms with van der Waals surface area (Å²) in [6.45, 7) is 3.47. The number of alkyl halides is 3. The number of rotatable bonds is 6. The summed E-state index contributed by atoms with van der Waals surface area (Å²) in [7, 11) is 0. The van der Waals surface area contributed by atoms with E-state index in [4.69, 9.17) is 5.73 Å². The molecule has 0 heterocycles. The summed E-state index contributed by atoms with van der Waals surface area (Å²) in [6.07, 6.45) is -4.84. The Morgan fingerprint density at radius 1 is 1.23 bits per heavy atom. The Labute approximate surface area is 125 Å². The highest BCUT2D eigenvalue weighted by molar-refractivity contribution is 5.87. The Balaban J connectivity index is 2.63. The second-order valence-electron chi connectivity index (χ2n) is 5.06. The predicted octanol–water partition coefficient (Wildman–Crippen LogP) is 1.75. The highest BCUT2D eigenvalue weighted by Crippen LogP contribution is 2.22. The number of primary amides is 1. The van der Waals surface area contributed by atoms with E-state index in [0.717, 1.165) is 12.1 Å². The van der Waals surface area contributed by atoms with Crippen LogP contribution in [0.5, 0.6) is 5.75 Å². The molecule has 0 bridgehead atoms. The van der Waals surface area contributed by atoms with E-state index >= 15 is 0 Å². The summed E-state index contributed by atoms with van der Waals surface area (Å²) in [6, 6.07) is 4.12. The average molecular weight is 318 g/mol.